The van der Waals surface area contributed by atoms with Crippen molar-refractivity contribution in [3.05, 3.63) is 65.7 Å². The summed E-state index contributed by atoms with van der Waals surface area (Å²) in [5, 5.41) is 19.1. The van der Waals surface area contributed by atoms with Crippen molar-refractivity contribution in [2.45, 2.75) is 42.7 Å². The molecule has 7 heteroatoms. The van der Waals surface area contributed by atoms with Crippen LogP contribution in [0.3, 0.4) is 0 Å². The molecule has 0 bridgehead atoms. The summed E-state index contributed by atoms with van der Waals surface area (Å²) in [6.45, 7) is 0.597. The lowest BCUT2D eigenvalue weighted by atomic mass is 10.1. The van der Waals surface area contributed by atoms with E-state index in [2.05, 4.69) is 33.1 Å². The minimum Gasteiger partial charge on any atom is -0.361 e. The maximum atomic E-state index is 8.84. The molecule has 0 saturated heterocycles. The van der Waals surface area contributed by atoms with Crippen LogP contribution in [0.2, 0.25) is 0 Å². The molecule has 30 heavy (non-hydrogen) atoms. The summed E-state index contributed by atoms with van der Waals surface area (Å²) < 4.78 is 7.78. The number of nitrogens with zero attached hydrogens (tertiary/aromatic N) is 5. The van der Waals surface area contributed by atoms with Crippen molar-refractivity contribution in [1.29, 1.82) is 5.26 Å². The van der Waals surface area contributed by atoms with E-state index in [-0.39, 0.29) is 6.61 Å². The number of hydrogen-bond donors (Lipinski definition) is 0. The van der Waals surface area contributed by atoms with Gasteiger partial charge in [-0.2, -0.15) is 5.26 Å². The van der Waals surface area contributed by atoms with E-state index in [1.54, 1.807) is 30.1 Å². The van der Waals surface area contributed by atoms with Crippen molar-refractivity contribution in [1.82, 2.24) is 19.7 Å². The summed E-state index contributed by atoms with van der Waals surface area (Å²) in [4.78, 5) is 4.24. The van der Waals surface area contributed by atoms with E-state index >= 15 is 0 Å². The van der Waals surface area contributed by atoms with E-state index in [1.807, 2.05) is 35.0 Å². The van der Waals surface area contributed by atoms with Gasteiger partial charge in [-0.05, 0) is 49.2 Å². The Morgan fingerprint density at radius 3 is 2.63 bits per heavy atom. The molecule has 0 aliphatic heterocycles. The van der Waals surface area contributed by atoms with Crippen molar-refractivity contribution in [3.63, 3.8) is 0 Å². The number of pyridine rings is 1. The first-order chi connectivity index (χ1) is 14.8. The van der Waals surface area contributed by atoms with E-state index in [0.29, 0.717) is 17.4 Å². The van der Waals surface area contributed by atoms with Crippen molar-refractivity contribution in [3.8, 4) is 23.6 Å². The first-order valence-corrected chi connectivity index (χ1v) is 10.8. The second-order valence-corrected chi connectivity index (χ2v) is 8.22. The van der Waals surface area contributed by atoms with Crippen LogP contribution in [0.4, 0.5) is 0 Å². The highest BCUT2D eigenvalue weighted by Crippen LogP contribution is 2.35. The minimum atomic E-state index is 0.283. The fraction of sp³-hybridized carbons (Fsp3) is 0.304. The second kappa shape index (κ2) is 10.1. The second-order valence-electron chi connectivity index (χ2n) is 6.95. The number of thioether (sulfide) groups is 1. The quantitative estimate of drug-likeness (QED) is 0.445. The van der Waals surface area contributed by atoms with Crippen LogP contribution in [0.15, 0.2) is 53.9 Å². The average Bonchev–Trinajstić information content (AvgIpc) is 3.45. The highest BCUT2D eigenvalue weighted by Gasteiger charge is 2.22. The fourth-order valence-electron chi connectivity index (χ4n) is 3.33. The van der Waals surface area contributed by atoms with Crippen LogP contribution < -0.4 is 0 Å². The predicted molar refractivity (Wildman–Crippen MR) is 115 cm³/mol. The standard InChI is InChI=1S/C23H21N5OS/c24-15-19-11-9-18(10-12-19)5-4-14-29-17-22-26-27-23(30-21-7-1-2-8-21)28(22)20-6-3-13-25-16-20/h3,6,9-13,16,21H,1-2,7-8,14,17H2. The Balaban J connectivity index is 1.42. The van der Waals surface area contributed by atoms with Gasteiger partial charge in [-0.3, -0.25) is 9.55 Å². The highest BCUT2D eigenvalue weighted by molar-refractivity contribution is 7.99. The summed E-state index contributed by atoms with van der Waals surface area (Å²) in [7, 11) is 0. The van der Waals surface area contributed by atoms with E-state index in [0.717, 1.165) is 22.2 Å². The molecule has 1 saturated carbocycles. The van der Waals surface area contributed by atoms with Crippen LogP contribution in [0.1, 0.15) is 42.6 Å². The van der Waals surface area contributed by atoms with Crippen LogP contribution >= 0.6 is 11.8 Å². The lowest BCUT2D eigenvalue weighted by Crippen LogP contribution is -2.07. The molecular formula is C23H21N5OS. The van der Waals surface area contributed by atoms with Crippen LogP contribution in [-0.4, -0.2) is 31.6 Å². The van der Waals surface area contributed by atoms with Gasteiger partial charge in [-0.25, -0.2) is 0 Å². The fourth-order valence-corrected chi connectivity index (χ4v) is 4.60. The molecular weight excluding hydrogens is 394 g/mol. The Bertz CT molecular complexity index is 1070. The van der Waals surface area contributed by atoms with Gasteiger partial charge in [-0.15, -0.1) is 10.2 Å². The molecule has 150 valence electrons. The SMILES string of the molecule is N#Cc1ccc(C#CCOCc2nnc(SC3CCCC3)n2-c2cccnc2)cc1. The van der Waals surface area contributed by atoms with Crippen LogP contribution in [0.5, 0.6) is 0 Å². The van der Waals surface area contributed by atoms with Gasteiger partial charge in [0.25, 0.3) is 0 Å². The Hall–Kier alpha value is -3.13. The molecule has 0 N–H and O–H groups in total. The Morgan fingerprint density at radius 1 is 1.10 bits per heavy atom. The molecule has 6 nitrogen and oxygen atoms in total. The first kappa shape index (κ1) is 20.2. The summed E-state index contributed by atoms with van der Waals surface area (Å²) in [5.74, 6) is 6.78. The molecule has 0 radical (unpaired) electrons. The number of aromatic nitrogens is 4. The Morgan fingerprint density at radius 2 is 1.90 bits per heavy atom. The number of hydrogen-bond acceptors (Lipinski definition) is 6. The van der Waals surface area contributed by atoms with E-state index in [4.69, 9.17) is 10.00 Å². The third-order valence-electron chi connectivity index (χ3n) is 4.83. The lowest BCUT2D eigenvalue weighted by molar-refractivity contribution is 0.145. The Labute approximate surface area is 180 Å². The van der Waals surface area contributed by atoms with Gasteiger partial charge in [0, 0.05) is 17.0 Å². The van der Waals surface area contributed by atoms with Gasteiger partial charge in [0.15, 0.2) is 11.0 Å². The summed E-state index contributed by atoms with van der Waals surface area (Å²) in [6.07, 6.45) is 8.59. The first-order valence-electron chi connectivity index (χ1n) is 9.91. The maximum Gasteiger partial charge on any atom is 0.196 e. The third kappa shape index (κ3) is 5.07. The zero-order chi connectivity index (χ0) is 20.6. The van der Waals surface area contributed by atoms with E-state index in [1.165, 1.54) is 25.7 Å². The smallest absolute Gasteiger partial charge is 0.196 e. The molecule has 0 amide bonds. The molecule has 4 rings (SSSR count). The maximum absolute atomic E-state index is 8.84. The zero-order valence-electron chi connectivity index (χ0n) is 16.5. The molecule has 0 spiro atoms. The molecule has 1 aliphatic carbocycles. The topological polar surface area (TPSA) is 76.6 Å². The Kier molecular flexibility index (Phi) is 6.76. The average molecular weight is 416 g/mol. The number of rotatable bonds is 6. The predicted octanol–water partition coefficient (Wildman–Crippen LogP) is 4.14. The van der Waals surface area contributed by atoms with Crippen LogP contribution in [-0.2, 0) is 11.3 Å². The number of benzene rings is 1. The molecule has 2 aromatic heterocycles. The molecule has 2 heterocycles. The normalized spacial score (nSPS) is 13.6. The van der Waals surface area contributed by atoms with Gasteiger partial charge in [0.2, 0.25) is 0 Å². The summed E-state index contributed by atoms with van der Waals surface area (Å²) >= 11 is 1.79. The monoisotopic (exact) mass is 415 g/mol. The van der Waals surface area contributed by atoms with Crippen LogP contribution in [0.25, 0.3) is 5.69 Å². The molecule has 0 atom stereocenters. The van der Waals surface area contributed by atoms with Gasteiger partial charge >= 0.3 is 0 Å². The van der Waals surface area contributed by atoms with Gasteiger partial charge in [-0.1, -0.05) is 36.4 Å². The van der Waals surface area contributed by atoms with Crippen molar-refractivity contribution in [2.75, 3.05) is 6.61 Å². The van der Waals surface area contributed by atoms with Crippen molar-refractivity contribution >= 4 is 11.8 Å². The summed E-state index contributed by atoms with van der Waals surface area (Å²) in [6, 6.07) is 13.2. The molecule has 1 aromatic carbocycles. The largest absolute Gasteiger partial charge is 0.361 e. The number of nitriles is 1. The zero-order valence-corrected chi connectivity index (χ0v) is 17.3. The minimum absolute atomic E-state index is 0.283. The van der Waals surface area contributed by atoms with E-state index < -0.39 is 0 Å². The molecule has 0 unspecified atom stereocenters. The van der Waals surface area contributed by atoms with Crippen molar-refractivity contribution in [2.24, 2.45) is 0 Å². The molecule has 3 aromatic rings. The van der Waals surface area contributed by atoms with Gasteiger partial charge in [0.05, 0.1) is 23.5 Å². The third-order valence-corrected chi connectivity index (χ3v) is 6.11. The van der Waals surface area contributed by atoms with E-state index in [9.17, 15) is 0 Å². The molecule has 1 aliphatic rings. The number of ether oxygens (including phenoxy) is 1. The van der Waals surface area contributed by atoms with Crippen molar-refractivity contribution < 1.29 is 4.74 Å². The van der Waals surface area contributed by atoms with Gasteiger partial charge < -0.3 is 4.74 Å². The van der Waals surface area contributed by atoms with Crippen LogP contribution in [0, 0.1) is 23.2 Å². The summed E-state index contributed by atoms with van der Waals surface area (Å²) in [5.41, 5.74) is 2.41. The highest BCUT2D eigenvalue weighted by atomic mass is 32.2. The molecule has 1 fully saturated rings. The van der Waals surface area contributed by atoms with Gasteiger partial charge in [0.1, 0.15) is 13.2 Å². The lowest BCUT2D eigenvalue weighted by Gasteiger charge is -2.12.